The van der Waals surface area contributed by atoms with Crippen LogP contribution in [0.1, 0.15) is 31.1 Å². The van der Waals surface area contributed by atoms with Gasteiger partial charge in [-0.2, -0.15) is 0 Å². The Morgan fingerprint density at radius 1 is 0.923 bits per heavy atom. The summed E-state index contributed by atoms with van der Waals surface area (Å²) in [4.78, 5) is 36.8. The van der Waals surface area contributed by atoms with E-state index in [4.69, 9.17) is 0 Å². The van der Waals surface area contributed by atoms with Crippen molar-refractivity contribution >= 4 is 17.7 Å². The SMILES string of the molecule is O=C(NCCN1C(=O)c2cccc(F)c2C1=O)c1ccc(F)c(F)c1F. The Hall–Kier alpha value is -3.23. The number of hydrogen-bond donors (Lipinski definition) is 1. The smallest absolute Gasteiger partial charge is 0.264 e. The van der Waals surface area contributed by atoms with Gasteiger partial charge in [-0.25, -0.2) is 17.6 Å². The maximum atomic E-state index is 13.7. The van der Waals surface area contributed by atoms with E-state index in [0.29, 0.717) is 6.07 Å². The number of nitrogens with one attached hydrogen (secondary N) is 1. The van der Waals surface area contributed by atoms with E-state index in [2.05, 4.69) is 5.32 Å². The van der Waals surface area contributed by atoms with Crippen LogP contribution >= 0.6 is 0 Å². The fourth-order valence-electron chi connectivity index (χ4n) is 2.57. The predicted molar refractivity (Wildman–Crippen MR) is 80.4 cm³/mol. The van der Waals surface area contributed by atoms with Gasteiger partial charge in [-0.05, 0) is 24.3 Å². The van der Waals surface area contributed by atoms with Gasteiger partial charge in [-0.3, -0.25) is 19.3 Å². The number of rotatable bonds is 4. The van der Waals surface area contributed by atoms with E-state index >= 15 is 0 Å². The Bertz CT molecular complexity index is 946. The average molecular weight is 366 g/mol. The molecule has 0 spiro atoms. The summed E-state index contributed by atoms with van der Waals surface area (Å²) in [7, 11) is 0. The van der Waals surface area contributed by atoms with Crippen LogP contribution in [0.25, 0.3) is 0 Å². The summed E-state index contributed by atoms with van der Waals surface area (Å²) in [5, 5.41) is 2.19. The molecule has 1 aliphatic rings. The van der Waals surface area contributed by atoms with E-state index < -0.39 is 46.6 Å². The zero-order valence-electron chi connectivity index (χ0n) is 13.0. The van der Waals surface area contributed by atoms with E-state index in [1.807, 2.05) is 0 Å². The fourth-order valence-corrected chi connectivity index (χ4v) is 2.57. The molecule has 0 aliphatic carbocycles. The molecule has 0 saturated carbocycles. The summed E-state index contributed by atoms with van der Waals surface area (Å²) in [6, 6.07) is 4.99. The number of carbonyl (C=O) groups is 3. The molecule has 0 bridgehead atoms. The molecular weight excluding hydrogens is 356 g/mol. The molecule has 26 heavy (non-hydrogen) atoms. The van der Waals surface area contributed by atoms with E-state index in [-0.39, 0.29) is 24.2 Å². The minimum atomic E-state index is -1.78. The molecule has 0 saturated heterocycles. The van der Waals surface area contributed by atoms with Gasteiger partial charge in [0.15, 0.2) is 17.5 Å². The highest BCUT2D eigenvalue weighted by Crippen LogP contribution is 2.24. The van der Waals surface area contributed by atoms with Crippen molar-refractivity contribution in [1.29, 1.82) is 0 Å². The van der Waals surface area contributed by atoms with Crippen LogP contribution in [0, 0.1) is 23.3 Å². The lowest BCUT2D eigenvalue weighted by molar-refractivity contribution is 0.0648. The second-order valence-electron chi connectivity index (χ2n) is 5.40. The summed E-state index contributed by atoms with van der Waals surface area (Å²) >= 11 is 0. The van der Waals surface area contributed by atoms with Crippen molar-refractivity contribution in [3.8, 4) is 0 Å². The number of fused-ring (bicyclic) bond motifs is 1. The highest BCUT2D eigenvalue weighted by Gasteiger charge is 2.37. The Morgan fingerprint density at radius 2 is 1.65 bits per heavy atom. The fraction of sp³-hybridized carbons (Fsp3) is 0.118. The normalized spacial score (nSPS) is 13.2. The third kappa shape index (κ3) is 2.81. The lowest BCUT2D eigenvalue weighted by Crippen LogP contribution is -2.38. The Balaban J connectivity index is 1.67. The first kappa shape index (κ1) is 17.6. The highest BCUT2D eigenvalue weighted by molar-refractivity contribution is 6.21. The van der Waals surface area contributed by atoms with Gasteiger partial charge in [0.2, 0.25) is 0 Å². The first-order valence-corrected chi connectivity index (χ1v) is 7.39. The number of carbonyl (C=O) groups excluding carboxylic acids is 3. The molecule has 1 heterocycles. The van der Waals surface area contributed by atoms with Crippen molar-refractivity contribution in [3.63, 3.8) is 0 Å². The van der Waals surface area contributed by atoms with Gasteiger partial charge in [0.1, 0.15) is 5.82 Å². The number of amides is 3. The molecule has 0 radical (unpaired) electrons. The maximum Gasteiger partial charge on any atom is 0.264 e. The number of benzene rings is 2. The summed E-state index contributed by atoms with van der Waals surface area (Å²) in [5.41, 5.74) is -1.17. The van der Waals surface area contributed by atoms with Gasteiger partial charge >= 0.3 is 0 Å². The monoisotopic (exact) mass is 366 g/mol. The molecule has 3 rings (SSSR count). The molecule has 1 aliphatic heterocycles. The van der Waals surface area contributed by atoms with Gasteiger partial charge in [-0.1, -0.05) is 6.07 Å². The summed E-state index contributed by atoms with van der Waals surface area (Å²) < 4.78 is 53.3. The predicted octanol–water partition coefficient (Wildman–Crippen LogP) is 2.27. The first-order valence-electron chi connectivity index (χ1n) is 7.39. The first-order chi connectivity index (χ1) is 12.3. The Kier molecular flexibility index (Phi) is 4.45. The molecule has 134 valence electrons. The third-order valence-electron chi connectivity index (χ3n) is 3.85. The quantitative estimate of drug-likeness (QED) is 0.513. The van der Waals surface area contributed by atoms with Crippen LogP contribution in [0.3, 0.4) is 0 Å². The average Bonchev–Trinajstić information content (AvgIpc) is 2.85. The van der Waals surface area contributed by atoms with Crippen molar-refractivity contribution in [2.45, 2.75) is 0 Å². The van der Waals surface area contributed by atoms with Crippen LogP contribution in [-0.2, 0) is 0 Å². The third-order valence-corrected chi connectivity index (χ3v) is 3.85. The minimum Gasteiger partial charge on any atom is -0.350 e. The molecule has 1 N–H and O–H groups in total. The molecule has 5 nitrogen and oxygen atoms in total. The Labute approximate surface area is 144 Å². The molecule has 0 atom stereocenters. The lowest BCUT2D eigenvalue weighted by atomic mass is 10.1. The van der Waals surface area contributed by atoms with E-state index in [9.17, 15) is 31.9 Å². The van der Waals surface area contributed by atoms with Crippen LogP contribution < -0.4 is 5.32 Å². The second kappa shape index (κ2) is 6.58. The summed E-state index contributed by atoms with van der Waals surface area (Å²) in [5.74, 6) is -8.33. The number of hydrogen-bond acceptors (Lipinski definition) is 3. The van der Waals surface area contributed by atoms with Crippen molar-refractivity contribution in [1.82, 2.24) is 10.2 Å². The van der Waals surface area contributed by atoms with Crippen LogP contribution in [0.4, 0.5) is 17.6 Å². The number of imide groups is 1. The van der Waals surface area contributed by atoms with Crippen molar-refractivity contribution < 1.29 is 31.9 Å². The molecule has 2 aromatic carbocycles. The van der Waals surface area contributed by atoms with Crippen molar-refractivity contribution in [3.05, 3.63) is 70.3 Å². The van der Waals surface area contributed by atoms with Gasteiger partial charge in [0.05, 0.1) is 16.7 Å². The lowest BCUT2D eigenvalue weighted by Gasteiger charge is -2.14. The van der Waals surface area contributed by atoms with E-state index in [0.717, 1.165) is 17.0 Å². The molecular formula is C17H10F4N2O3. The molecule has 3 amide bonds. The topological polar surface area (TPSA) is 66.5 Å². The molecule has 0 unspecified atom stereocenters. The van der Waals surface area contributed by atoms with Gasteiger partial charge in [0, 0.05) is 13.1 Å². The molecule has 0 fully saturated rings. The minimum absolute atomic E-state index is 0.0898. The zero-order valence-corrected chi connectivity index (χ0v) is 13.0. The van der Waals surface area contributed by atoms with Gasteiger partial charge in [-0.15, -0.1) is 0 Å². The highest BCUT2D eigenvalue weighted by atomic mass is 19.2. The van der Waals surface area contributed by atoms with Crippen LogP contribution in [-0.4, -0.2) is 35.7 Å². The Morgan fingerprint density at radius 3 is 2.35 bits per heavy atom. The summed E-state index contributed by atoms with van der Waals surface area (Å²) in [6.45, 7) is -0.590. The van der Waals surface area contributed by atoms with Crippen LogP contribution in [0.2, 0.25) is 0 Å². The molecule has 9 heteroatoms. The maximum absolute atomic E-state index is 13.7. The van der Waals surface area contributed by atoms with Crippen molar-refractivity contribution in [2.24, 2.45) is 0 Å². The van der Waals surface area contributed by atoms with Crippen molar-refractivity contribution in [2.75, 3.05) is 13.1 Å². The van der Waals surface area contributed by atoms with E-state index in [1.165, 1.54) is 12.1 Å². The van der Waals surface area contributed by atoms with Crippen LogP contribution in [0.15, 0.2) is 30.3 Å². The largest absolute Gasteiger partial charge is 0.350 e. The second-order valence-corrected chi connectivity index (χ2v) is 5.40. The van der Waals surface area contributed by atoms with Gasteiger partial charge in [0.25, 0.3) is 17.7 Å². The molecule has 2 aromatic rings. The van der Waals surface area contributed by atoms with Gasteiger partial charge < -0.3 is 5.32 Å². The summed E-state index contributed by atoms with van der Waals surface area (Å²) in [6.07, 6.45) is 0. The molecule has 0 aromatic heterocycles. The van der Waals surface area contributed by atoms with Crippen LogP contribution in [0.5, 0.6) is 0 Å². The standard InChI is InChI=1S/C17H10F4N2O3/c18-10-3-1-2-8-12(10)17(26)23(16(8)25)7-6-22-15(24)9-4-5-11(19)14(21)13(9)20/h1-5H,6-7H2,(H,22,24). The van der Waals surface area contributed by atoms with E-state index in [1.54, 1.807) is 0 Å². The number of nitrogens with zero attached hydrogens (tertiary/aromatic N) is 1. The number of halogens is 4. The zero-order chi connectivity index (χ0) is 19.0.